The minimum absolute atomic E-state index is 0.149. The summed E-state index contributed by atoms with van der Waals surface area (Å²) in [7, 11) is -1.78. The molecule has 9 aromatic carbocycles. The molecule has 0 amide bonds. The van der Waals surface area contributed by atoms with E-state index in [0.29, 0.717) is 0 Å². The molecule has 1 nitrogen and oxygen atoms in total. The van der Waals surface area contributed by atoms with Gasteiger partial charge in [-0.05, 0) is 118 Å². The van der Waals surface area contributed by atoms with Crippen molar-refractivity contribution in [3.63, 3.8) is 0 Å². The molecule has 0 N–H and O–H groups in total. The molecule has 11 rings (SSSR count). The highest BCUT2D eigenvalue weighted by molar-refractivity contribution is 8.34. The molecule has 0 fully saturated rings. The smallest absolute Gasteiger partial charge is 0.0541 e. The second-order valence-corrected chi connectivity index (χ2v) is 17.9. The van der Waals surface area contributed by atoms with Gasteiger partial charge in [0.15, 0.2) is 0 Å². The third-order valence-corrected chi connectivity index (χ3v) is 15.7. The molecular formula is C55H39NS. The number of aromatic nitrogens is 1. The first-order chi connectivity index (χ1) is 28.3. The van der Waals surface area contributed by atoms with Gasteiger partial charge in [-0.15, -0.1) is 10.0 Å². The third-order valence-electron chi connectivity index (χ3n) is 11.8. The van der Waals surface area contributed by atoms with Crippen molar-refractivity contribution in [3.8, 4) is 27.9 Å². The topological polar surface area (TPSA) is 4.93 Å². The van der Waals surface area contributed by atoms with Crippen molar-refractivity contribution in [1.29, 1.82) is 0 Å². The van der Waals surface area contributed by atoms with Gasteiger partial charge in [0.1, 0.15) is 0 Å². The van der Waals surface area contributed by atoms with Crippen LogP contribution in [-0.2, 0) is 0 Å². The summed E-state index contributed by atoms with van der Waals surface area (Å²) < 4.78 is 2.45. The Morgan fingerprint density at radius 3 is 1.53 bits per heavy atom. The van der Waals surface area contributed by atoms with E-state index in [1.807, 2.05) is 0 Å². The predicted molar refractivity (Wildman–Crippen MR) is 239 cm³/mol. The van der Waals surface area contributed by atoms with Gasteiger partial charge in [-0.3, -0.25) is 0 Å². The average Bonchev–Trinajstić information content (AvgIpc) is 3.81. The van der Waals surface area contributed by atoms with Crippen LogP contribution in [0.1, 0.15) is 22.6 Å². The quantitative estimate of drug-likeness (QED) is 0.153. The Balaban J connectivity index is 1.07. The van der Waals surface area contributed by atoms with Gasteiger partial charge in [0.2, 0.25) is 0 Å². The van der Waals surface area contributed by atoms with Gasteiger partial charge in [0.25, 0.3) is 0 Å². The number of nitrogens with zero attached hydrogens (tertiary/aromatic N) is 1. The lowest BCUT2D eigenvalue weighted by Crippen LogP contribution is -2.05. The fraction of sp³-hybridized carbons (Fsp3) is 0.0182. The molecule has 1 aliphatic rings. The fourth-order valence-corrected chi connectivity index (χ4v) is 13.3. The first-order valence-corrected chi connectivity index (χ1v) is 21.3. The molecule has 1 aromatic heterocycles. The average molecular weight is 746 g/mol. The lowest BCUT2D eigenvalue weighted by atomic mass is 9.87. The lowest BCUT2D eigenvalue weighted by molar-refractivity contribution is 1.02. The lowest BCUT2D eigenvalue weighted by Gasteiger charge is -2.42. The SMILES string of the molecule is c1ccc(-c2cccc3c2-c2ccccc2C3c2ccc3c(c2)c2ccccc2n3-c2ccc(S(c3ccccc3)(c3ccccc3)c3ccccc3)cc2)cc1. The Morgan fingerprint density at radius 1 is 0.351 bits per heavy atom. The number of rotatable bonds is 7. The highest BCUT2D eigenvalue weighted by Gasteiger charge is 2.34. The van der Waals surface area contributed by atoms with E-state index in [4.69, 9.17) is 0 Å². The maximum Gasteiger partial charge on any atom is 0.0541 e. The monoisotopic (exact) mass is 745 g/mol. The van der Waals surface area contributed by atoms with Crippen molar-refractivity contribution in [1.82, 2.24) is 4.57 Å². The summed E-state index contributed by atoms with van der Waals surface area (Å²) in [6, 6.07) is 85.4. The summed E-state index contributed by atoms with van der Waals surface area (Å²) in [5, 5.41) is 2.54. The van der Waals surface area contributed by atoms with Crippen LogP contribution in [0.5, 0.6) is 0 Å². The summed E-state index contributed by atoms with van der Waals surface area (Å²) in [5.41, 5.74) is 12.9. The summed E-state index contributed by atoms with van der Waals surface area (Å²) in [4.78, 5) is 5.29. The van der Waals surface area contributed by atoms with Crippen LogP contribution in [0.15, 0.2) is 250 Å². The molecule has 1 unspecified atom stereocenters. The maximum atomic E-state index is 2.46. The molecule has 0 radical (unpaired) electrons. The first-order valence-electron chi connectivity index (χ1n) is 19.7. The minimum atomic E-state index is -1.78. The Hall–Kier alpha value is -6.87. The van der Waals surface area contributed by atoms with Crippen LogP contribution in [0.25, 0.3) is 49.7 Å². The van der Waals surface area contributed by atoms with Crippen molar-refractivity contribution in [3.05, 3.63) is 247 Å². The molecule has 0 saturated heterocycles. The zero-order valence-electron chi connectivity index (χ0n) is 31.4. The van der Waals surface area contributed by atoms with E-state index in [2.05, 4.69) is 235 Å². The van der Waals surface area contributed by atoms with Crippen molar-refractivity contribution < 1.29 is 0 Å². The normalized spacial score (nSPS) is 13.7. The fourth-order valence-electron chi connectivity index (χ4n) is 9.41. The van der Waals surface area contributed by atoms with Gasteiger partial charge >= 0.3 is 0 Å². The molecule has 0 aliphatic heterocycles. The molecule has 2 heteroatoms. The van der Waals surface area contributed by atoms with Crippen LogP contribution in [0, 0.1) is 0 Å². The van der Waals surface area contributed by atoms with E-state index in [9.17, 15) is 0 Å². The van der Waals surface area contributed by atoms with Crippen LogP contribution >= 0.6 is 10.0 Å². The third kappa shape index (κ3) is 5.25. The second-order valence-electron chi connectivity index (χ2n) is 14.8. The van der Waals surface area contributed by atoms with Crippen molar-refractivity contribution in [2.24, 2.45) is 0 Å². The van der Waals surface area contributed by atoms with Gasteiger partial charge in [-0.2, -0.15) is 0 Å². The largest absolute Gasteiger partial charge is 0.309 e. The van der Waals surface area contributed by atoms with Crippen LogP contribution in [0.4, 0.5) is 0 Å². The number of hydrogen-bond acceptors (Lipinski definition) is 0. The van der Waals surface area contributed by atoms with Crippen molar-refractivity contribution in [2.75, 3.05) is 0 Å². The predicted octanol–water partition coefficient (Wildman–Crippen LogP) is 15.0. The Labute approximate surface area is 335 Å². The summed E-state index contributed by atoms with van der Waals surface area (Å²) in [6.07, 6.45) is 0. The van der Waals surface area contributed by atoms with E-state index < -0.39 is 10.0 Å². The molecular weight excluding hydrogens is 707 g/mol. The molecule has 0 bridgehead atoms. The van der Waals surface area contributed by atoms with E-state index in [0.717, 1.165) is 5.69 Å². The Bertz CT molecular complexity index is 2940. The van der Waals surface area contributed by atoms with Gasteiger partial charge in [-0.25, -0.2) is 0 Å². The molecule has 1 aliphatic carbocycles. The van der Waals surface area contributed by atoms with Gasteiger partial charge in [-0.1, -0.05) is 152 Å². The summed E-state index contributed by atoms with van der Waals surface area (Å²) >= 11 is 0. The number of benzene rings is 9. The van der Waals surface area contributed by atoms with Gasteiger partial charge in [0, 0.05) is 42.0 Å². The van der Waals surface area contributed by atoms with Crippen LogP contribution in [-0.4, -0.2) is 4.57 Å². The molecule has 57 heavy (non-hydrogen) atoms. The first kappa shape index (κ1) is 33.5. The van der Waals surface area contributed by atoms with E-state index in [1.165, 1.54) is 80.3 Å². The number of para-hydroxylation sites is 1. The molecule has 1 heterocycles. The van der Waals surface area contributed by atoms with Gasteiger partial charge in [0.05, 0.1) is 11.0 Å². The Kier molecular flexibility index (Phi) is 8.05. The molecule has 270 valence electrons. The van der Waals surface area contributed by atoms with Crippen molar-refractivity contribution in [2.45, 2.75) is 25.5 Å². The second kappa shape index (κ2) is 13.7. The number of fused-ring (bicyclic) bond motifs is 6. The van der Waals surface area contributed by atoms with Crippen LogP contribution < -0.4 is 0 Å². The van der Waals surface area contributed by atoms with E-state index in [1.54, 1.807) is 0 Å². The molecule has 0 saturated carbocycles. The van der Waals surface area contributed by atoms with E-state index in [-0.39, 0.29) is 5.92 Å². The van der Waals surface area contributed by atoms with Crippen LogP contribution in [0.3, 0.4) is 0 Å². The highest BCUT2D eigenvalue weighted by atomic mass is 32.3. The maximum absolute atomic E-state index is 2.46. The summed E-state index contributed by atoms with van der Waals surface area (Å²) in [6.45, 7) is 0. The summed E-state index contributed by atoms with van der Waals surface area (Å²) in [5.74, 6) is 0.149. The van der Waals surface area contributed by atoms with E-state index >= 15 is 0 Å². The van der Waals surface area contributed by atoms with Crippen molar-refractivity contribution >= 4 is 31.8 Å². The van der Waals surface area contributed by atoms with Gasteiger partial charge < -0.3 is 4.57 Å². The zero-order valence-corrected chi connectivity index (χ0v) is 32.2. The standard InChI is InChI=1S/C55H39NS/c1-5-18-39(19-6-1)46-29-17-30-50-54(48-27-13-14-28-49(48)55(46)50)40-32-37-53-51(38-40)47-26-15-16-31-52(47)56(53)41-33-35-45(36-34-41)57(42-20-7-2-8-21-42,43-22-9-3-10-23-43)44-24-11-4-12-25-44/h1-38,54H. The van der Waals surface area contributed by atoms with Crippen LogP contribution in [0.2, 0.25) is 0 Å². The molecule has 10 aromatic rings. The zero-order chi connectivity index (χ0) is 37.8. The molecule has 1 atom stereocenters. The Morgan fingerprint density at radius 2 is 0.860 bits per heavy atom. The minimum Gasteiger partial charge on any atom is -0.309 e. The number of hydrogen-bond donors (Lipinski definition) is 0. The molecule has 0 spiro atoms. The highest BCUT2D eigenvalue weighted by Crippen LogP contribution is 2.73.